The molecule has 2 rings (SSSR count). The first-order valence-corrected chi connectivity index (χ1v) is 9.43. The van der Waals surface area contributed by atoms with Crippen molar-refractivity contribution in [3.05, 3.63) is 35.1 Å². The molecule has 0 aromatic heterocycles. The second kappa shape index (κ2) is 9.69. The van der Waals surface area contributed by atoms with Gasteiger partial charge in [0.1, 0.15) is 5.82 Å². The van der Waals surface area contributed by atoms with Crippen molar-refractivity contribution in [3.8, 4) is 0 Å². The number of methoxy groups -OCH3 is 1. The molecule has 7 heteroatoms. The number of rotatable bonds is 6. The molecule has 1 heterocycles. The van der Waals surface area contributed by atoms with Gasteiger partial charge in [-0.3, -0.25) is 4.79 Å². The van der Waals surface area contributed by atoms with Gasteiger partial charge in [0.05, 0.1) is 18.6 Å². The molecule has 150 valence electrons. The van der Waals surface area contributed by atoms with Crippen LogP contribution in [0, 0.1) is 18.7 Å². The van der Waals surface area contributed by atoms with Crippen LogP contribution in [-0.4, -0.2) is 49.7 Å². The van der Waals surface area contributed by atoms with E-state index in [9.17, 15) is 14.0 Å². The van der Waals surface area contributed by atoms with E-state index in [1.54, 1.807) is 31.1 Å². The number of piperidine rings is 1. The normalized spacial score (nSPS) is 19.9. The summed E-state index contributed by atoms with van der Waals surface area (Å²) in [6.07, 6.45) is 1.32. The molecule has 3 amide bonds. The Morgan fingerprint density at radius 3 is 2.70 bits per heavy atom. The van der Waals surface area contributed by atoms with E-state index >= 15 is 0 Å². The van der Waals surface area contributed by atoms with Crippen LogP contribution in [0.3, 0.4) is 0 Å². The largest absolute Gasteiger partial charge is 0.383 e. The van der Waals surface area contributed by atoms with Gasteiger partial charge in [-0.1, -0.05) is 12.1 Å². The Labute approximate surface area is 160 Å². The highest BCUT2D eigenvalue weighted by atomic mass is 19.1. The van der Waals surface area contributed by atoms with Crippen LogP contribution in [0.15, 0.2) is 18.2 Å². The number of urea groups is 1. The summed E-state index contributed by atoms with van der Waals surface area (Å²) in [6, 6.07) is 4.56. The van der Waals surface area contributed by atoms with Gasteiger partial charge in [-0.05, 0) is 50.8 Å². The molecule has 2 atom stereocenters. The predicted octanol–water partition coefficient (Wildman–Crippen LogP) is 2.77. The molecule has 1 aromatic carbocycles. The molecule has 0 aliphatic carbocycles. The number of likely N-dealkylation sites (tertiary alicyclic amines) is 1. The van der Waals surface area contributed by atoms with Crippen LogP contribution in [0.25, 0.3) is 0 Å². The molecule has 1 aromatic rings. The number of carbonyl (C=O) groups is 2. The van der Waals surface area contributed by atoms with Crippen molar-refractivity contribution in [2.75, 3.05) is 26.8 Å². The van der Waals surface area contributed by atoms with Crippen molar-refractivity contribution in [1.29, 1.82) is 0 Å². The van der Waals surface area contributed by atoms with Gasteiger partial charge in [-0.2, -0.15) is 0 Å². The third kappa shape index (κ3) is 5.66. The van der Waals surface area contributed by atoms with E-state index in [2.05, 4.69) is 10.6 Å². The lowest BCUT2D eigenvalue weighted by Gasteiger charge is -2.40. The minimum Gasteiger partial charge on any atom is -0.383 e. The Hall–Kier alpha value is -2.15. The van der Waals surface area contributed by atoms with E-state index in [1.165, 1.54) is 6.07 Å². The van der Waals surface area contributed by atoms with E-state index in [4.69, 9.17) is 4.74 Å². The van der Waals surface area contributed by atoms with E-state index in [1.807, 2.05) is 13.8 Å². The maximum absolute atomic E-state index is 13.7. The Balaban J connectivity index is 2.17. The van der Waals surface area contributed by atoms with Crippen molar-refractivity contribution in [2.45, 2.75) is 45.7 Å². The lowest BCUT2D eigenvalue weighted by molar-refractivity contribution is -0.127. The standard InChI is InChI=1S/C20H30FN3O3/c1-13(2)23-20(26)24-12-16(19(25)22-9-10-27-4)6-8-18(24)15-5-7-17(21)14(3)11-15/h5,7,11,13,16,18H,6,8-10,12H2,1-4H3,(H,22,25)(H,23,26)/t16-,18-/m1/s1. The Morgan fingerprint density at radius 1 is 1.33 bits per heavy atom. The number of benzene rings is 1. The maximum Gasteiger partial charge on any atom is 0.318 e. The second-order valence-corrected chi connectivity index (χ2v) is 7.34. The smallest absolute Gasteiger partial charge is 0.318 e. The molecular formula is C20H30FN3O3. The van der Waals surface area contributed by atoms with Crippen molar-refractivity contribution in [1.82, 2.24) is 15.5 Å². The molecule has 0 bridgehead atoms. The van der Waals surface area contributed by atoms with E-state index < -0.39 is 0 Å². The highest BCUT2D eigenvalue weighted by Crippen LogP contribution is 2.34. The summed E-state index contributed by atoms with van der Waals surface area (Å²) in [7, 11) is 1.58. The zero-order chi connectivity index (χ0) is 20.0. The molecule has 0 unspecified atom stereocenters. The fourth-order valence-electron chi connectivity index (χ4n) is 3.38. The van der Waals surface area contributed by atoms with Gasteiger partial charge in [0.2, 0.25) is 5.91 Å². The summed E-state index contributed by atoms with van der Waals surface area (Å²) >= 11 is 0. The second-order valence-electron chi connectivity index (χ2n) is 7.34. The van der Waals surface area contributed by atoms with Crippen LogP contribution >= 0.6 is 0 Å². The molecule has 0 saturated carbocycles. The van der Waals surface area contributed by atoms with Gasteiger partial charge >= 0.3 is 6.03 Å². The Kier molecular flexibility index (Phi) is 7.59. The average molecular weight is 379 g/mol. The van der Waals surface area contributed by atoms with Crippen LogP contribution in [0.1, 0.15) is 43.9 Å². The molecule has 6 nitrogen and oxygen atoms in total. The van der Waals surface area contributed by atoms with Crippen LogP contribution in [0.4, 0.5) is 9.18 Å². The number of hydrogen-bond donors (Lipinski definition) is 2. The van der Waals surface area contributed by atoms with Crippen LogP contribution < -0.4 is 10.6 Å². The Bertz CT molecular complexity index is 666. The summed E-state index contributed by atoms with van der Waals surface area (Å²) in [5, 5.41) is 5.76. The Morgan fingerprint density at radius 2 is 2.07 bits per heavy atom. The lowest BCUT2D eigenvalue weighted by atomic mass is 9.88. The SMILES string of the molecule is COCCNC(=O)[C@@H]1CC[C@H](c2ccc(F)c(C)c2)N(C(=O)NC(C)C)C1. The molecule has 27 heavy (non-hydrogen) atoms. The topological polar surface area (TPSA) is 70.7 Å². The number of carbonyl (C=O) groups excluding carboxylic acids is 2. The van der Waals surface area contributed by atoms with Gasteiger partial charge in [0.15, 0.2) is 0 Å². The van der Waals surface area contributed by atoms with E-state index in [0.29, 0.717) is 38.1 Å². The van der Waals surface area contributed by atoms with Crippen molar-refractivity contribution < 1.29 is 18.7 Å². The summed E-state index contributed by atoms with van der Waals surface area (Å²) in [5.41, 5.74) is 1.45. The zero-order valence-corrected chi connectivity index (χ0v) is 16.5. The summed E-state index contributed by atoms with van der Waals surface area (Å²) < 4.78 is 18.6. The fraction of sp³-hybridized carbons (Fsp3) is 0.600. The van der Waals surface area contributed by atoms with Crippen molar-refractivity contribution in [2.24, 2.45) is 5.92 Å². The first-order chi connectivity index (χ1) is 12.8. The monoisotopic (exact) mass is 379 g/mol. The third-order valence-electron chi connectivity index (χ3n) is 4.80. The van der Waals surface area contributed by atoms with Crippen molar-refractivity contribution in [3.63, 3.8) is 0 Å². The number of nitrogens with one attached hydrogen (secondary N) is 2. The molecule has 1 aliphatic rings. The number of aryl methyl sites for hydroxylation is 1. The third-order valence-corrected chi connectivity index (χ3v) is 4.80. The van der Waals surface area contributed by atoms with Gasteiger partial charge < -0.3 is 20.3 Å². The fourth-order valence-corrected chi connectivity index (χ4v) is 3.38. The number of nitrogens with zero attached hydrogens (tertiary/aromatic N) is 1. The first kappa shape index (κ1) is 21.2. The molecular weight excluding hydrogens is 349 g/mol. The van der Waals surface area contributed by atoms with Crippen LogP contribution in [0.2, 0.25) is 0 Å². The highest BCUT2D eigenvalue weighted by Gasteiger charge is 2.35. The minimum absolute atomic E-state index is 0.0102. The molecule has 1 aliphatic heterocycles. The van der Waals surface area contributed by atoms with Crippen LogP contribution in [0.5, 0.6) is 0 Å². The van der Waals surface area contributed by atoms with Gasteiger partial charge in [-0.15, -0.1) is 0 Å². The van der Waals surface area contributed by atoms with Gasteiger partial charge in [0, 0.05) is 26.2 Å². The summed E-state index contributed by atoms with van der Waals surface area (Å²) in [6.45, 7) is 6.74. The molecule has 1 fully saturated rings. The van der Waals surface area contributed by atoms with E-state index in [-0.39, 0.29) is 35.8 Å². The quantitative estimate of drug-likeness (QED) is 0.747. The predicted molar refractivity (Wildman–Crippen MR) is 102 cm³/mol. The minimum atomic E-state index is -0.266. The first-order valence-electron chi connectivity index (χ1n) is 9.43. The average Bonchev–Trinajstić information content (AvgIpc) is 2.63. The number of ether oxygens (including phenoxy) is 1. The summed E-state index contributed by atoms with van der Waals surface area (Å²) in [4.78, 5) is 26.9. The molecule has 0 spiro atoms. The molecule has 2 N–H and O–H groups in total. The number of halogens is 1. The zero-order valence-electron chi connectivity index (χ0n) is 16.5. The molecule has 0 radical (unpaired) electrons. The molecule has 1 saturated heterocycles. The maximum atomic E-state index is 13.7. The number of hydrogen-bond acceptors (Lipinski definition) is 3. The number of amides is 3. The van der Waals surface area contributed by atoms with Gasteiger partial charge in [-0.25, -0.2) is 9.18 Å². The summed E-state index contributed by atoms with van der Waals surface area (Å²) in [5.74, 6) is -0.594. The van der Waals surface area contributed by atoms with E-state index in [0.717, 1.165) is 5.56 Å². The van der Waals surface area contributed by atoms with Crippen molar-refractivity contribution >= 4 is 11.9 Å². The highest BCUT2D eigenvalue weighted by molar-refractivity contribution is 5.81. The van der Waals surface area contributed by atoms with Gasteiger partial charge in [0.25, 0.3) is 0 Å². The lowest BCUT2D eigenvalue weighted by Crippen LogP contribution is -2.51. The van der Waals surface area contributed by atoms with Crippen LogP contribution in [-0.2, 0) is 9.53 Å².